The van der Waals surface area contributed by atoms with Crippen molar-refractivity contribution in [1.82, 2.24) is 0 Å². The molecule has 2 aromatic rings. The van der Waals surface area contributed by atoms with Crippen molar-refractivity contribution >= 4 is 5.69 Å². The summed E-state index contributed by atoms with van der Waals surface area (Å²) in [5.41, 5.74) is 1.11. The zero-order valence-electron chi connectivity index (χ0n) is 12.2. The molecule has 2 nitrogen and oxygen atoms in total. The number of benzene rings is 2. The largest absolute Gasteiger partial charge is 0.497 e. The number of hydrogen-bond donors (Lipinski definition) is 1. The molecule has 0 bridgehead atoms. The lowest BCUT2D eigenvalue weighted by molar-refractivity contribution is 0.414. The lowest BCUT2D eigenvalue weighted by Gasteiger charge is -2.16. The SMILES string of the molecule is COc1ccc(CCC(C)Nc2c(F)cccc2F)cc1. The predicted molar refractivity (Wildman–Crippen MR) is 80.8 cm³/mol. The fourth-order valence-corrected chi connectivity index (χ4v) is 2.13. The van der Waals surface area contributed by atoms with Crippen LogP contribution in [-0.2, 0) is 6.42 Å². The number of anilines is 1. The standard InChI is InChI=1S/C17H19F2NO/c1-12(20-17-15(18)4-3-5-16(17)19)6-7-13-8-10-14(21-2)11-9-13/h3-5,8-12,20H,6-7H2,1-2H3. The van der Waals surface area contributed by atoms with Gasteiger partial charge in [0.2, 0.25) is 0 Å². The van der Waals surface area contributed by atoms with Crippen LogP contribution in [0.3, 0.4) is 0 Å². The van der Waals surface area contributed by atoms with E-state index < -0.39 is 11.6 Å². The van der Waals surface area contributed by atoms with Crippen molar-refractivity contribution in [1.29, 1.82) is 0 Å². The number of halogens is 2. The molecular weight excluding hydrogens is 272 g/mol. The molecule has 0 aliphatic heterocycles. The maximum Gasteiger partial charge on any atom is 0.149 e. The summed E-state index contributed by atoms with van der Waals surface area (Å²) in [5.74, 6) is -0.309. The monoisotopic (exact) mass is 291 g/mol. The summed E-state index contributed by atoms with van der Waals surface area (Å²) >= 11 is 0. The highest BCUT2D eigenvalue weighted by Gasteiger charge is 2.11. The average molecular weight is 291 g/mol. The van der Waals surface area contributed by atoms with Crippen molar-refractivity contribution in [2.24, 2.45) is 0 Å². The molecule has 1 unspecified atom stereocenters. The Kier molecular flexibility index (Phi) is 5.14. The predicted octanol–water partition coefficient (Wildman–Crippen LogP) is 4.41. The zero-order chi connectivity index (χ0) is 15.2. The smallest absolute Gasteiger partial charge is 0.149 e. The Morgan fingerprint density at radius 1 is 1.05 bits per heavy atom. The van der Waals surface area contributed by atoms with Gasteiger partial charge in [-0.25, -0.2) is 8.78 Å². The molecule has 2 rings (SSSR count). The molecule has 0 aliphatic rings. The molecule has 0 fully saturated rings. The quantitative estimate of drug-likeness (QED) is 0.851. The van der Waals surface area contributed by atoms with Crippen molar-refractivity contribution in [2.45, 2.75) is 25.8 Å². The lowest BCUT2D eigenvalue weighted by atomic mass is 10.1. The van der Waals surface area contributed by atoms with E-state index in [0.29, 0.717) is 0 Å². The highest BCUT2D eigenvalue weighted by atomic mass is 19.1. The molecule has 0 radical (unpaired) electrons. The molecule has 1 N–H and O–H groups in total. The molecule has 112 valence electrons. The maximum absolute atomic E-state index is 13.5. The van der Waals surface area contributed by atoms with Crippen molar-refractivity contribution < 1.29 is 13.5 Å². The van der Waals surface area contributed by atoms with E-state index >= 15 is 0 Å². The maximum atomic E-state index is 13.5. The number of rotatable bonds is 6. The van der Waals surface area contributed by atoms with Gasteiger partial charge >= 0.3 is 0 Å². The molecule has 0 heterocycles. The van der Waals surface area contributed by atoms with Gasteiger partial charge in [-0.15, -0.1) is 0 Å². The van der Waals surface area contributed by atoms with Crippen LogP contribution < -0.4 is 10.1 Å². The minimum Gasteiger partial charge on any atom is -0.497 e. The molecule has 0 aliphatic carbocycles. The second-order valence-electron chi connectivity index (χ2n) is 5.03. The number of ether oxygens (including phenoxy) is 1. The number of aryl methyl sites for hydroxylation is 1. The van der Waals surface area contributed by atoms with Gasteiger partial charge in [0.05, 0.1) is 7.11 Å². The molecule has 0 amide bonds. The first kappa shape index (κ1) is 15.3. The molecule has 4 heteroatoms. The number of nitrogens with one attached hydrogen (secondary N) is 1. The van der Waals surface area contributed by atoms with Crippen LogP contribution in [-0.4, -0.2) is 13.2 Å². The highest BCUT2D eigenvalue weighted by molar-refractivity contribution is 5.46. The summed E-state index contributed by atoms with van der Waals surface area (Å²) in [6.07, 6.45) is 1.61. The summed E-state index contributed by atoms with van der Waals surface area (Å²) in [4.78, 5) is 0. The zero-order valence-corrected chi connectivity index (χ0v) is 12.2. The van der Waals surface area contributed by atoms with Crippen LogP contribution in [0.2, 0.25) is 0 Å². The Morgan fingerprint density at radius 3 is 2.24 bits per heavy atom. The van der Waals surface area contributed by atoms with E-state index in [0.717, 1.165) is 18.6 Å². The Bertz CT molecular complexity index is 564. The fourth-order valence-electron chi connectivity index (χ4n) is 2.13. The van der Waals surface area contributed by atoms with Crippen molar-refractivity contribution in [3.05, 3.63) is 59.7 Å². The van der Waals surface area contributed by atoms with Crippen LogP contribution in [0, 0.1) is 11.6 Å². The highest BCUT2D eigenvalue weighted by Crippen LogP contribution is 2.20. The summed E-state index contributed by atoms with van der Waals surface area (Å²) < 4.78 is 32.2. The minimum atomic E-state index is -0.564. The molecular formula is C17H19F2NO. The topological polar surface area (TPSA) is 21.3 Å². The molecule has 0 aromatic heterocycles. The van der Waals surface area contributed by atoms with Crippen LogP contribution in [0.25, 0.3) is 0 Å². The Hall–Kier alpha value is -2.10. The third-order valence-corrected chi connectivity index (χ3v) is 3.38. The number of hydrogen-bond acceptors (Lipinski definition) is 2. The van der Waals surface area contributed by atoms with E-state index in [9.17, 15) is 8.78 Å². The normalized spacial score (nSPS) is 12.0. The third-order valence-electron chi connectivity index (χ3n) is 3.38. The molecule has 0 spiro atoms. The summed E-state index contributed by atoms with van der Waals surface area (Å²) in [6, 6.07) is 11.6. The number of methoxy groups -OCH3 is 1. The summed E-state index contributed by atoms with van der Waals surface area (Å²) in [7, 11) is 1.63. The Balaban J connectivity index is 1.91. The summed E-state index contributed by atoms with van der Waals surface area (Å²) in [5, 5.41) is 2.90. The molecule has 21 heavy (non-hydrogen) atoms. The first-order chi connectivity index (χ1) is 10.1. The first-order valence-corrected chi connectivity index (χ1v) is 6.93. The first-order valence-electron chi connectivity index (χ1n) is 6.93. The van der Waals surface area contributed by atoms with Crippen LogP contribution in [0.4, 0.5) is 14.5 Å². The summed E-state index contributed by atoms with van der Waals surface area (Å²) in [6.45, 7) is 1.91. The molecule has 2 aromatic carbocycles. The van der Waals surface area contributed by atoms with Crippen LogP contribution in [0.15, 0.2) is 42.5 Å². The average Bonchev–Trinajstić information content (AvgIpc) is 2.49. The fraction of sp³-hybridized carbons (Fsp3) is 0.294. The van der Waals surface area contributed by atoms with Gasteiger partial charge in [0.25, 0.3) is 0 Å². The minimum absolute atomic E-state index is 0.0292. The van der Waals surface area contributed by atoms with E-state index in [1.54, 1.807) is 7.11 Å². The Morgan fingerprint density at radius 2 is 1.67 bits per heavy atom. The molecule has 0 saturated carbocycles. The van der Waals surface area contributed by atoms with Crippen LogP contribution in [0.5, 0.6) is 5.75 Å². The van der Waals surface area contributed by atoms with Gasteiger partial charge in [-0.1, -0.05) is 18.2 Å². The van der Waals surface area contributed by atoms with Gasteiger partial charge < -0.3 is 10.1 Å². The molecule has 0 saturated heterocycles. The van der Waals surface area contributed by atoms with Gasteiger partial charge in [0.15, 0.2) is 0 Å². The van der Waals surface area contributed by atoms with Crippen LogP contribution in [0.1, 0.15) is 18.9 Å². The number of para-hydroxylation sites is 1. The van der Waals surface area contributed by atoms with E-state index in [1.165, 1.54) is 23.8 Å². The van der Waals surface area contributed by atoms with Crippen molar-refractivity contribution in [2.75, 3.05) is 12.4 Å². The van der Waals surface area contributed by atoms with E-state index in [-0.39, 0.29) is 11.7 Å². The second-order valence-corrected chi connectivity index (χ2v) is 5.03. The molecule has 1 atom stereocenters. The van der Waals surface area contributed by atoms with Crippen molar-refractivity contribution in [3.63, 3.8) is 0 Å². The van der Waals surface area contributed by atoms with E-state index in [1.807, 2.05) is 31.2 Å². The van der Waals surface area contributed by atoms with Crippen molar-refractivity contribution in [3.8, 4) is 5.75 Å². The van der Waals surface area contributed by atoms with Gasteiger partial charge in [0.1, 0.15) is 23.1 Å². The van der Waals surface area contributed by atoms with Gasteiger partial charge in [0, 0.05) is 6.04 Å². The van der Waals surface area contributed by atoms with E-state index in [4.69, 9.17) is 4.74 Å². The second kappa shape index (κ2) is 7.07. The third kappa shape index (κ3) is 4.18. The Labute approximate surface area is 123 Å². The van der Waals surface area contributed by atoms with Gasteiger partial charge in [-0.3, -0.25) is 0 Å². The van der Waals surface area contributed by atoms with Crippen LogP contribution >= 0.6 is 0 Å². The van der Waals surface area contributed by atoms with E-state index in [2.05, 4.69) is 5.32 Å². The lowest BCUT2D eigenvalue weighted by Crippen LogP contribution is -2.18. The van der Waals surface area contributed by atoms with Gasteiger partial charge in [-0.2, -0.15) is 0 Å². The van der Waals surface area contributed by atoms with Gasteiger partial charge in [-0.05, 0) is 49.6 Å².